The summed E-state index contributed by atoms with van der Waals surface area (Å²) >= 11 is 5.67. The van der Waals surface area contributed by atoms with E-state index in [1.165, 1.54) is 0 Å². The number of nitrogens with zero attached hydrogens (tertiary/aromatic N) is 2. The van der Waals surface area contributed by atoms with Gasteiger partial charge in [0.15, 0.2) is 0 Å². The van der Waals surface area contributed by atoms with Gasteiger partial charge < -0.3 is 5.73 Å². The molecule has 1 rings (SSSR count). The summed E-state index contributed by atoms with van der Waals surface area (Å²) in [6.45, 7) is 6.11. The van der Waals surface area contributed by atoms with Crippen molar-refractivity contribution >= 4 is 17.5 Å². The number of aryl methyl sites for hydroxylation is 1. The quantitative estimate of drug-likeness (QED) is 0.822. The van der Waals surface area contributed by atoms with Crippen molar-refractivity contribution in [1.82, 2.24) is 9.78 Å². The molecule has 0 unspecified atom stereocenters. The van der Waals surface area contributed by atoms with Gasteiger partial charge in [0.2, 0.25) is 0 Å². The average Bonchev–Trinajstić information content (AvgIpc) is 2.57. The first-order valence-electron chi connectivity index (χ1n) is 5.31. The number of carbonyl (C=O) groups excluding carboxylic acids is 1. The van der Waals surface area contributed by atoms with Crippen molar-refractivity contribution in [1.29, 1.82) is 0 Å². The number of aromatic nitrogens is 2. The van der Waals surface area contributed by atoms with Crippen molar-refractivity contribution in [3.8, 4) is 0 Å². The second-order valence-corrected chi connectivity index (χ2v) is 5.14. The first-order chi connectivity index (χ1) is 7.36. The molecule has 0 saturated carbocycles. The van der Waals surface area contributed by atoms with E-state index in [0.717, 1.165) is 18.5 Å². The molecule has 0 bridgehead atoms. The molecule has 0 aliphatic carbocycles. The van der Waals surface area contributed by atoms with E-state index in [2.05, 4.69) is 5.10 Å². The maximum Gasteiger partial charge on any atom is 0.269 e. The molecule has 1 amide bonds. The van der Waals surface area contributed by atoms with E-state index >= 15 is 0 Å². The van der Waals surface area contributed by atoms with Gasteiger partial charge in [0.1, 0.15) is 5.69 Å². The predicted octanol–water partition coefficient (Wildman–Crippen LogP) is 1.91. The Morgan fingerprint density at radius 1 is 1.56 bits per heavy atom. The van der Waals surface area contributed by atoms with Crippen LogP contribution in [0.5, 0.6) is 0 Å². The molecule has 1 heterocycles. The van der Waals surface area contributed by atoms with Crippen molar-refractivity contribution in [3.63, 3.8) is 0 Å². The highest BCUT2D eigenvalue weighted by Crippen LogP contribution is 2.18. The van der Waals surface area contributed by atoms with E-state index in [0.29, 0.717) is 11.6 Å². The van der Waals surface area contributed by atoms with Crippen molar-refractivity contribution in [3.05, 3.63) is 17.5 Å². The molecule has 4 nitrogen and oxygen atoms in total. The number of carbonyl (C=O) groups is 1. The van der Waals surface area contributed by atoms with Gasteiger partial charge in [0, 0.05) is 11.6 Å². The van der Waals surface area contributed by atoms with Crippen LogP contribution < -0.4 is 5.73 Å². The van der Waals surface area contributed by atoms with Crippen LogP contribution in [0.15, 0.2) is 6.07 Å². The summed E-state index contributed by atoms with van der Waals surface area (Å²) in [6, 6.07) is 1.75. The second-order valence-electron chi connectivity index (χ2n) is 4.76. The average molecular weight is 244 g/mol. The number of alkyl halides is 1. The lowest BCUT2D eigenvalue weighted by molar-refractivity contribution is 0.0994. The van der Waals surface area contributed by atoms with E-state index in [9.17, 15) is 4.79 Å². The lowest BCUT2D eigenvalue weighted by atomic mass is 10.1. The molecule has 0 saturated heterocycles. The maximum atomic E-state index is 11.1. The van der Waals surface area contributed by atoms with Crippen molar-refractivity contribution in [2.45, 2.75) is 39.2 Å². The third kappa shape index (κ3) is 2.98. The van der Waals surface area contributed by atoms with Crippen LogP contribution in [0.1, 0.15) is 43.4 Å². The minimum Gasteiger partial charge on any atom is -0.364 e. The highest BCUT2D eigenvalue weighted by molar-refractivity contribution is 6.17. The zero-order valence-corrected chi connectivity index (χ0v) is 10.7. The van der Waals surface area contributed by atoms with Gasteiger partial charge in [-0.05, 0) is 39.7 Å². The van der Waals surface area contributed by atoms with Gasteiger partial charge in [-0.2, -0.15) is 5.10 Å². The van der Waals surface area contributed by atoms with E-state index < -0.39 is 5.91 Å². The second kappa shape index (κ2) is 4.87. The third-order valence-corrected chi connectivity index (χ3v) is 2.50. The number of rotatable bonds is 4. The summed E-state index contributed by atoms with van der Waals surface area (Å²) in [7, 11) is 0. The molecule has 0 atom stereocenters. The normalized spacial score (nSPS) is 11.8. The van der Waals surface area contributed by atoms with Crippen molar-refractivity contribution < 1.29 is 4.79 Å². The molecule has 0 aliphatic rings. The molecule has 0 aromatic carbocycles. The zero-order chi connectivity index (χ0) is 12.3. The number of hydrogen-bond acceptors (Lipinski definition) is 2. The third-order valence-electron chi connectivity index (χ3n) is 2.24. The summed E-state index contributed by atoms with van der Waals surface area (Å²) < 4.78 is 1.85. The highest BCUT2D eigenvalue weighted by Gasteiger charge is 2.20. The Labute approximate surface area is 101 Å². The minimum atomic E-state index is -0.491. The smallest absolute Gasteiger partial charge is 0.269 e. The standard InChI is InChI=1S/C11H18ClN3O/c1-11(2,3)15-8(5-4-6-12)7-9(14-15)10(13)16/h7H,4-6H2,1-3H3,(H2,13,16). The molecule has 1 aromatic rings. The van der Waals surface area contributed by atoms with Gasteiger partial charge in [-0.1, -0.05) is 0 Å². The fourth-order valence-corrected chi connectivity index (χ4v) is 1.68. The van der Waals surface area contributed by atoms with Crippen LogP contribution in [-0.4, -0.2) is 21.6 Å². The topological polar surface area (TPSA) is 60.9 Å². The maximum absolute atomic E-state index is 11.1. The monoisotopic (exact) mass is 243 g/mol. The fraction of sp³-hybridized carbons (Fsp3) is 0.636. The number of halogens is 1. The molecular formula is C11H18ClN3O. The zero-order valence-electron chi connectivity index (χ0n) is 9.96. The Hall–Kier alpha value is -1.03. The molecule has 0 aliphatic heterocycles. The van der Waals surface area contributed by atoms with Gasteiger partial charge in [-0.3, -0.25) is 9.48 Å². The SMILES string of the molecule is CC(C)(C)n1nc(C(N)=O)cc1CCCCl. The van der Waals surface area contributed by atoms with Crippen LogP contribution in [-0.2, 0) is 12.0 Å². The van der Waals surface area contributed by atoms with Gasteiger partial charge >= 0.3 is 0 Å². The van der Waals surface area contributed by atoms with E-state index in [-0.39, 0.29) is 5.54 Å². The summed E-state index contributed by atoms with van der Waals surface area (Å²) in [4.78, 5) is 11.1. The van der Waals surface area contributed by atoms with Crippen molar-refractivity contribution in [2.75, 3.05) is 5.88 Å². The minimum absolute atomic E-state index is 0.157. The first kappa shape index (κ1) is 13.0. The molecule has 16 heavy (non-hydrogen) atoms. The molecule has 0 spiro atoms. The number of amides is 1. The molecular weight excluding hydrogens is 226 g/mol. The number of hydrogen-bond donors (Lipinski definition) is 1. The molecule has 2 N–H and O–H groups in total. The van der Waals surface area contributed by atoms with Crippen molar-refractivity contribution in [2.24, 2.45) is 5.73 Å². The Morgan fingerprint density at radius 2 is 2.19 bits per heavy atom. The summed E-state index contributed by atoms with van der Waals surface area (Å²) in [5.41, 5.74) is 6.39. The van der Waals surface area contributed by atoms with Crippen LogP contribution >= 0.6 is 11.6 Å². The fourth-order valence-electron chi connectivity index (χ4n) is 1.55. The van der Waals surface area contributed by atoms with Crippen LogP contribution in [0.25, 0.3) is 0 Å². The lowest BCUT2D eigenvalue weighted by Gasteiger charge is -2.22. The van der Waals surface area contributed by atoms with Gasteiger partial charge in [0.25, 0.3) is 5.91 Å². The molecule has 5 heteroatoms. The summed E-state index contributed by atoms with van der Waals surface area (Å²) in [5.74, 6) is 0.108. The van der Waals surface area contributed by atoms with Crippen LogP contribution in [0.2, 0.25) is 0 Å². The van der Waals surface area contributed by atoms with E-state index in [4.69, 9.17) is 17.3 Å². The van der Waals surface area contributed by atoms with E-state index in [1.807, 2.05) is 25.5 Å². The lowest BCUT2D eigenvalue weighted by Crippen LogP contribution is -2.26. The Bertz CT molecular complexity index is 379. The Morgan fingerprint density at radius 3 is 2.62 bits per heavy atom. The van der Waals surface area contributed by atoms with Crippen LogP contribution in [0.4, 0.5) is 0 Å². The summed E-state index contributed by atoms with van der Waals surface area (Å²) in [5, 5.41) is 4.23. The van der Waals surface area contributed by atoms with Gasteiger partial charge in [-0.25, -0.2) is 0 Å². The van der Waals surface area contributed by atoms with Crippen LogP contribution in [0.3, 0.4) is 0 Å². The first-order valence-corrected chi connectivity index (χ1v) is 5.85. The number of primary amides is 1. The molecule has 0 fully saturated rings. The molecule has 1 aromatic heterocycles. The summed E-state index contributed by atoms with van der Waals surface area (Å²) in [6.07, 6.45) is 1.67. The Balaban J connectivity index is 3.08. The van der Waals surface area contributed by atoms with Crippen LogP contribution in [0, 0.1) is 0 Å². The predicted molar refractivity (Wildman–Crippen MR) is 64.8 cm³/mol. The molecule has 0 radical (unpaired) electrons. The molecule has 90 valence electrons. The number of nitrogens with two attached hydrogens (primary N) is 1. The van der Waals surface area contributed by atoms with Gasteiger partial charge in [-0.15, -0.1) is 11.6 Å². The van der Waals surface area contributed by atoms with Gasteiger partial charge in [0.05, 0.1) is 5.54 Å². The largest absolute Gasteiger partial charge is 0.364 e. The highest BCUT2D eigenvalue weighted by atomic mass is 35.5. The Kier molecular flexibility index (Phi) is 3.97. The van der Waals surface area contributed by atoms with E-state index in [1.54, 1.807) is 6.07 Å².